The van der Waals surface area contributed by atoms with Crippen LogP contribution in [-0.2, 0) is 6.42 Å². The summed E-state index contributed by atoms with van der Waals surface area (Å²) in [5.41, 5.74) is 6.15. The Morgan fingerprint density at radius 1 is 1.39 bits per heavy atom. The number of aromatic nitrogens is 2. The monoisotopic (exact) mass is 267 g/mol. The molecule has 0 aliphatic carbocycles. The summed E-state index contributed by atoms with van der Waals surface area (Å²) in [4.78, 5) is 0. The van der Waals surface area contributed by atoms with Gasteiger partial charge in [0.25, 0.3) is 0 Å². The third-order valence-electron chi connectivity index (χ3n) is 2.46. The van der Waals surface area contributed by atoms with Crippen LogP contribution >= 0.6 is 11.3 Å². The minimum atomic E-state index is -0.395. The fourth-order valence-corrected chi connectivity index (χ4v) is 2.40. The Morgan fingerprint density at radius 2 is 2.22 bits per heavy atom. The van der Waals surface area contributed by atoms with Crippen LogP contribution in [0.1, 0.15) is 11.4 Å². The molecule has 0 saturated heterocycles. The van der Waals surface area contributed by atoms with Gasteiger partial charge < -0.3 is 10.5 Å². The maximum absolute atomic E-state index is 13.6. The Bertz CT molecular complexity index is 530. The van der Waals surface area contributed by atoms with E-state index in [1.807, 2.05) is 0 Å². The third kappa shape index (κ3) is 2.83. The number of nitrogens with two attached hydrogens (primary N) is 1. The summed E-state index contributed by atoms with van der Waals surface area (Å²) >= 11 is 1.46. The van der Waals surface area contributed by atoms with Crippen LogP contribution in [-0.4, -0.2) is 23.9 Å². The van der Waals surface area contributed by atoms with Gasteiger partial charge in [-0.2, -0.15) is 0 Å². The highest BCUT2D eigenvalue weighted by molar-refractivity contribution is 7.14. The number of nitrogens with zero attached hydrogens (tertiary/aromatic N) is 2. The maximum atomic E-state index is 13.6. The van der Waals surface area contributed by atoms with Crippen LogP contribution in [0.15, 0.2) is 18.2 Å². The van der Waals surface area contributed by atoms with Crippen LogP contribution in [0, 0.1) is 5.82 Å². The molecule has 0 fully saturated rings. The molecule has 96 valence electrons. The fraction of sp³-hybridized carbons (Fsp3) is 0.333. The van der Waals surface area contributed by atoms with Gasteiger partial charge in [0, 0.05) is 12.0 Å². The maximum Gasteiger partial charge on any atom is 0.165 e. The third-order valence-corrected chi connectivity index (χ3v) is 3.49. The Kier molecular flexibility index (Phi) is 4.22. The molecule has 0 spiro atoms. The molecule has 0 atom stereocenters. The largest absolute Gasteiger partial charge is 0.494 e. The van der Waals surface area contributed by atoms with Gasteiger partial charge >= 0.3 is 0 Å². The molecule has 1 aromatic heterocycles. The first-order chi connectivity index (χ1) is 8.74. The highest BCUT2D eigenvalue weighted by atomic mass is 32.1. The second-order valence-corrected chi connectivity index (χ2v) is 4.80. The second kappa shape index (κ2) is 5.88. The molecule has 18 heavy (non-hydrogen) atoms. The Hall–Kier alpha value is -1.53. The molecule has 2 aromatic rings. The average Bonchev–Trinajstić information content (AvgIpc) is 2.85. The van der Waals surface area contributed by atoms with Gasteiger partial charge in [-0.3, -0.25) is 0 Å². The van der Waals surface area contributed by atoms with E-state index in [-0.39, 0.29) is 5.75 Å². The van der Waals surface area contributed by atoms with Gasteiger partial charge in [0.2, 0.25) is 0 Å². The molecule has 2 N–H and O–H groups in total. The number of ether oxygens (including phenoxy) is 1. The van der Waals surface area contributed by atoms with Gasteiger partial charge in [-0.05, 0) is 31.2 Å². The first-order valence-electron chi connectivity index (χ1n) is 5.61. The van der Waals surface area contributed by atoms with Gasteiger partial charge in [-0.25, -0.2) is 4.39 Å². The molecular formula is C12H14FN3OS. The molecule has 6 heteroatoms. The zero-order chi connectivity index (χ0) is 13.0. The predicted octanol–water partition coefficient (Wildman–Crippen LogP) is 2.24. The van der Waals surface area contributed by atoms with Crippen molar-refractivity contribution < 1.29 is 9.13 Å². The van der Waals surface area contributed by atoms with E-state index in [1.165, 1.54) is 24.5 Å². The average molecular weight is 267 g/mol. The Balaban J connectivity index is 2.20. The van der Waals surface area contributed by atoms with Crippen molar-refractivity contribution in [1.82, 2.24) is 10.2 Å². The van der Waals surface area contributed by atoms with Crippen LogP contribution in [0.3, 0.4) is 0 Å². The molecule has 0 radical (unpaired) electrons. The summed E-state index contributed by atoms with van der Waals surface area (Å²) in [7, 11) is 1.44. The van der Waals surface area contributed by atoms with E-state index < -0.39 is 5.82 Å². The molecule has 2 rings (SSSR count). The van der Waals surface area contributed by atoms with Crippen molar-refractivity contribution in [2.24, 2.45) is 5.73 Å². The van der Waals surface area contributed by atoms with Crippen LogP contribution in [0.4, 0.5) is 4.39 Å². The molecule has 0 aliphatic heterocycles. The first-order valence-corrected chi connectivity index (χ1v) is 6.42. The van der Waals surface area contributed by atoms with Crippen molar-refractivity contribution in [3.05, 3.63) is 29.0 Å². The van der Waals surface area contributed by atoms with E-state index in [0.717, 1.165) is 17.8 Å². The van der Waals surface area contributed by atoms with E-state index in [2.05, 4.69) is 10.2 Å². The van der Waals surface area contributed by atoms with Crippen molar-refractivity contribution in [2.45, 2.75) is 12.8 Å². The molecule has 1 aromatic carbocycles. The lowest BCUT2D eigenvalue weighted by Gasteiger charge is -2.02. The predicted molar refractivity (Wildman–Crippen MR) is 69.2 cm³/mol. The lowest BCUT2D eigenvalue weighted by atomic mass is 10.2. The highest BCUT2D eigenvalue weighted by Crippen LogP contribution is 2.28. The van der Waals surface area contributed by atoms with E-state index in [9.17, 15) is 4.39 Å². The molecule has 0 saturated carbocycles. The van der Waals surface area contributed by atoms with E-state index in [0.29, 0.717) is 17.1 Å². The Morgan fingerprint density at radius 3 is 2.89 bits per heavy atom. The Labute approximate surface area is 109 Å². The van der Waals surface area contributed by atoms with Gasteiger partial charge in [-0.1, -0.05) is 11.3 Å². The highest BCUT2D eigenvalue weighted by Gasteiger charge is 2.09. The lowest BCUT2D eigenvalue weighted by Crippen LogP contribution is -1.99. The van der Waals surface area contributed by atoms with E-state index in [1.54, 1.807) is 12.1 Å². The normalized spacial score (nSPS) is 10.6. The minimum absolute atomic E-state index is 0.228. The number of halogens is 1. The van der Waals surface area contributed by atoms with Crippen LogP contribution < -0.4 is 10.5 Å². The molecule has 0 unspecified atom stereocenters. The van der Waals surface area contributed by atoms with Gasteiger partial charge in [-0.15, -0.1) is 10.2 Å². The van der Waals surface area contributed by atoms with Crippen LogP contribution in [0.5, 0.6) is 5.75 Å². The van der Waals surface area contributed by atoms with Crippen molar-refractivity contribution in [3.63, 3.8) is 0 Å². The smallest absolute Gasteiger partial charge is 0.165 e. The van der Waals surface area contributed by atoms with Gasteiger partial charge in [0.1, 0.15) is 10.0 Å². The minimum Gasteiger partial charge on any atom is -0.494 e. The summed E-state index contributed by atoms with van der Waals surface area (Å²) < 4.78 is 18.4. The fourth-order valence-electron chi connectivity index (χ4n) is 1.52. The number of hydrogen-bond donors (Lipinski definition) is 1. The number of hydrogen-bond acceptors (Lipinski definition) is 5. The molecule has 0 bridgehead atoms. The van der Waals surface area contributed by atoms with Gasteiger partial charge in [0.15, 0.2) is 11.6 Å². The molecule has 4 nitrogen and oxygen atoms in total. The standard InChI is InChI=1S/C12H14FN3OS/c1-17-10-5-4-8(7-9(10)13)12-16-15-11(18-12)3-2-6-14/h4-5,7H,2-3,6,14H2,1H3. The van der Waals surface area contributed by atoms with Crippen molar-refractivity contribution in [2.75, 3.05) is 13.7 Å². The molecule has 0 aliphatic rings. The molecular weight excluding hydrogens is 253 g/mol. The quantitative estimate of drug-likeness (QED) is 0.902. The van der Waals surface area contributed by atoms with Crippen molar-refractivity contribution in [1.29, 1.82) is 0 Å². The van der Waals surface area contributed by atoms with Gasteiger partial charge in [0.05, 0.1) is 7.11 Å². The van der Waals surface area contributed by atoms with Crippen molar-refractivity contribution >= 4 is 11.3 Å². The topological polar surface area (TPSA) is 61.0 Å². The zero-order valence-electron chi connectivity index (χ0n) is 10.0. The number of methoxy groups -OCH3 is 1. The number of aryl methyl sites for hydroxylation is 1. The summed E-state index contributed by atoms with van der Waals surface area (Å²) in [5, 5.41) is 9.75. The van der Waals surface area contributed by atoms with Crippen molar-refractivity contribution in [3.8, 4) is 16.3 Å². The number of rotatable bonds is 5. The molecule has 1 heterocycles. The van der Waals surface area contributed by atoms with Crippen LogP contribution in [0.25, 0.3) is 10.6 Å². The summed E-state index contributed by atoms with van der Waals surface area (Å²) in [6.45, 7) is 0.631. The molecule has 0 amide bonds. The summed E-state index contributed by atoms with van der Waals surface area (Å²) in [6.07, 6.45) is 1.69. The second-order valence-electron chi connectivity index (χ2n) is 3.74. The van der Waals surface area contributed by atoms with Crippen LogP contribution in [0.2, 0.25) is 0 Å². The summed E-state index contributed by atoms with van der Waals surface area (Å²) in [5.74, 6) is -0.166. The SMILES string of the molecule is COc1ccc(-c2nnc(CCCN)s2)cc1F. The summed E-state index contributed by atoms with van der Waals surface area (Å²) in [6, 6.07) is 4.77. The first kappa shape index (κ1) is 12.9. The van der Waals surface area contributed by atoms with E-state index in [4.69, 9.17) is 10.5 Å². The van der Waals surface area contributed by atoms with E-state index >= 15 is 0 Å². The number of benzene rings is 1. The zero-order valence-corrected chi connectivity index (χ0v) is 10.8. The lowest BCUT2D eigenvalue weighted by molar-refractivity contribution is 0.386.